The monoisotopic (exact) mass is 276 g/mol. The summed E-state index contributed by atoms with van der Waals surface area (Å²) in [4.78, 5) is 2.51. The van der Waals surface area contributed by atoms with Gasteiger partial charge in [-0.25, -0.2) is 0 Å². The molecule has 1 fully saturated rings. The number of rotatable bonds is 5. The maximum atomic E-state index is 5.89. The van der Waals surface area contributed by atoms with Crippen LogP contribution >= 0.6 is 0 Å². The lowest BCUT2D eigenvalue weighted by Crippen LogP contribution is -2.43. The number of piperazine rings is 1. The highest BCUT2D eigenvalue weighted by molar-refractivity contribution is 5.32. The molecule has 1 aliphatic heterocycles. The molecule has 112 valence electrons. The normalized spacial score (nSPS) is 17.1. The van der Waals surface area contributed by atoms with Gasteiger partial charge in [-0.3, -0.25) is 0 Å². The van der Waals surface area contributed by atoms with Crippen LogP contribution in [0, 0.1) is 0 Å². The van der Waals surface area contributed by atoms with Crippen molar-refractivity contribution >= 4 is 0 Å². The smallest absolute Gasteiger partial charge is 0.119 e. The molecule has 1 heterocycles. The third-order valence-electron chi connectivity index (χ3n) is 3.80. The second kappa shape index (κ2) is 7.09. The van der Waals surface area contributed by atoms with E-state index in [9.17, 15) is 0 Å². The van der Waals surface area contributed by atoms with E-state index >= 15 is 0 Å². The second-order valence-corrected chi connectivity index (χ2v) is 6.57. The van der Waals surface area contributed by atoms with E-state index in [1.807, 2.05) is 0 Å². The minimum absolute atomic E-state index is 0.181. The highest BCUT2D eigenvalue weighted by Crippen LogP contribution is 2.25. The zero-order valence-corrected chi connectivity index (χ0v) is 13.1. The second-order valence-electron chi connectivity index (χ2n) is 6.57. The van der Waals surface area contributed by atoms with E-state index in [0.717, 1.165) is 38.4 Å². The van der Waals surface area contributed by atoms with Crippen LogP contribution in [0.2, 0.25) is 0 Å². The number of nitrogens with zero attached hydrogens (tertiary/aromatic N) is 1. The molecule has 0 amide bonds. The van der Waals surface area contributed by atoms with Crippen LogP contribution in [0.25, 0.3) is 0 Å². The topological polar surface area (TPSA) is 24.5 Å². The molecule has 1 saturated heterocycles. The largest absolute Gasteiger partial charge is 0.494 e. The van der Waals surface area contributed by atoms with Crippen LogP contribution in [0.5, 0.6) is 5.75 Å². The predicted molar refractivity (Wildman–Crippen MR) is 84.6 cm³/mol. The van der Waals surface area contributed by atoms with Gasteiger partial charge in [-0.2, -0.15) is 0 Å². The third-order valence-corrected chi connectivity index (χ3v) is 3.80. The lowest BCUT2D eigenvalue weighted by atomic mass is 9.87. The van der Waals surface area contributed by atoms with Crippen molar-refractivity contribution in [1.82, 2.24) is 10.2 Å². The van der Waals surface area contributed by atoms with Crippen LogP contribution in [0.3, 0.4) is 0 Å². The van der Waals surface area contributed by atoms with Gasteiger partial charge in [0.05, 0.1) is 6.61 Å². The molecule has 2 rings (SSSR count). The van der Waals surface area contributed by atoms with Crippen LogP contribution in [-0.4, -0.2) is 44.2 Å². The summed E-state index contributed by atoms with van der Waals surface area (Å²) in [6, 6.07) is 8.49. The highest BCUT2D eigenvalue weighted by Gasteiger charge is 2.14. The van der Waals surface area contributed by atoms with Crippen molar-refractivity contribution in [2.45, 2.75) is 32.6 Å². The van der Waals surface area contributed by atoms with Gasteiger partial charge in [0.2, 0.25) is 0 Å². The average Bonchev–Trinajstić information content (AvgIpc) is 2.44. The Balaban J connectivity index is 1.73. The lowest BCUT2D eigenvalue weighted by Gasteiger charge is -2.27. The summed E-state index contributed by atoms with van der Waals surface area (Å²) in [7, 11) is 0. The summed E-state index contributed by atoms with van der Waals surface area (Å²) in [6.45, 7) is 13.2. The summed E-state index contributed by atoms with van der Waals surface area (Å²) < 4.78 is 5.89. The molecule has 0 unspecified atom stereocenters. The molecule has 0 radical (unpaired) electrons. The molecule has 20 heavy (non-hydrogen) atoms. The minimum Gasteiger partial charge on any atom is -0.494 e. The number of benzene rings is 1. The molecule has 3 heteroatoms. The van der Waals surface area contributed by atoms with Crippen LogP contribution in [0.4, 0.5) is 0 Å². The van der Waals surface area contributed by atoms with Crippen LogP contribution in [-0.2, 0) is 5.41 Å². The molecule has 3 nitrogen and oxygen atoms in total. The van der Waals surface area contributed by atoms with E-state index in [4.69, 9.17) is 4.74 Å². The molecular formula is C17H28N2O. The molecule has 1 aromatic carbocycles. The van der Waals surface area contributed by atoms with Gasteiger partial charge in [0, 0.05) is 32.7 Å². The first kappa shape index (κ1) is 15.3. The summed E-state index contributed by atoms with van der Waals surface area (Å²) in [5.74, 6) is 0.998. The van der Waals surface area contributed by atoms with Crippen molar-refractivity contribution in [3.05, 3.63) is 29.8 Å². The zero-order valence-electron chi connectivity index (χ0n) is 13.1. The molecule has 0 atom stereocenters. The first-order chi connectivity index (χ1) is 9.55. The van der Waals surface area contributed by atoms with Gasteiger partial charge in [0.25, 0.3) is 0 Å². The number of hydrogen-bond donors (Lipinski definition) is 1. The van der Waals surface area contributed by atoms with E-state index in [1.165, 1.54) is 18.7 Å². The van der Waals surface area contributed by atoms with Crippen LogP contribution in [0.1, 0.15) is 32.8 Å². The average molecular weight is 276 g/mol. The Hall–Kier alpha value is -1.06. The minimum atomic E-state index is 0.181. The fourth-order valence-corrected chi connectivity index (χ4v) is 2.47. The first-order valence-electron chi connectivity index (χ1n) is 7.72. The SMILES string of the molecule is CC(C)(C)c1cccc(OCCCN2CCNCC2)c1. The number of hydrogen-bond acceptors (Lipinski definition) is 3. The maximum Gasteiger partial charge on any atom is 0.119 e. The maximum absolute atomic E-state index is 5.89. The van der Waals surface area contributed by atoms with Gasteiger partial charge in [-0.05, 0) is 29.5 Å². The molecule has 1 N–H and O–H groups in total. The van der Waals surface area contributed by atoms with Crippen LogP contribution in [0.15, 0.2) is 24.3 Å². The summed E-state index contributed by atoms with van der Waals surface area (Å²) >= 11 is 0. The predicted octanol–water partition coefficient (Wildman–Crippen LogP) is 2.66. The molecular weight excluding hydrogens is 248 g/mol. The number of ether oxygens (including phenoxy) is 1. The van der Waals surface area contributed by atoms with Crippen molar-refractivity contribution in [1.29, 1.82) is 0 Å². The summed E-state index contributed by atoms with van der Waals surface area (Å²) in [5.41, 5.74) is 1.51. The Bertz CT molecular complexity index is 406. The van der Waals surface area contributed by atoms with Gasteiger partial charge < -0.3 is 15.0 Å². The van der Waals surface area contributed by atoms with E-state index < -0.39 is 0 Å². The fraction of sp³-hybridized carbons (Fsp3) is 0.647. The molecule has 0 aliphatic carbocycles. The van der Waals surface area contributed by atoms with E-state index in [0.29, 0.717) is 0 Å². The van der Waals surface area contributed by atoms with Gasteiger partial charge >= 0.3 is 0 Å². The molecule has 1 aromatic rings. The third kappa shape index (κ3) is 4.80. The van der Waals surface area contributed by atoms with Crippen molar-refractivity contribution in [2.75, 3.05) is 39.3 Å². The van der Waals surface area contributed by atoms with Crippen molar-refractivity contribution in [2.24, 2.45) is 0 Å². The molecule has 0 aromatic heterocycles. The van der Waals surface area contributed by atoms with Gasteiger partial charge in [-0.1, -0.05) is 32.9 Å². The van der Waals surface area contributed by atoms with Crippen molar-refractivity contribution < 1.29 is 4.74 Å². The quantitative estimate of drug-likeness (QED) is 0.837. The first-order valence-corrected chi connectivity index (χ1v) is 7.72. The number of nitrogens with one attached hydrogen (secondary N) is 1. The summed E-state index contributed by atoms with van der Waals surface area (Å²) in [6.07, 6.45) is 1.10. The fourth-order valence-electron chi connectivity index (χ4n) is 2.47. The Labute approximate surface area is 123 Å². The Morgan fingerprint density at radius 2 is 1.95 bits per heavy atom. The molecule has 0 spiro atoms. The van der Waals surface area contributed by atoms with Crippen molar-refractivity contribution in [3.63, 3.8) is 0 Å². The lowest BCUT2D eigenvalue weighted by molar-refractivity contribution is 0.214. The van der Waals surface area contributed by atoms with E-state index in [-0.39, 0.29) is 5.41 Å². The zero-order chi connectivity index (χ0) is 14.4. The van der Waals surface area contributed by atoms with Gasteiger partial charge in [0.15, 0.2) is 0 Å². The van der Waals surface area contributed by atoms with E-state index in [1.54, 1.807) is 0 Å². The molecule has 0 bridgehead atoms. The highest BCUT2D eigenvalue weighted by atomic mass is 16.5. The molecule has 0 saturated carbocycles. The van der Waals surface area contributed by atoms with Crippen molar-refractivity contribution in [3.8, 4) is 5.75 Å². The Kier molecular flexibility index (Phi) is 5.44. The van der Waals surface area contributed by atoms with Gasteiger partial charge in [0.1, 0.15) is 5.75 Å². The standard InChI is InChI=1S/C17H28N2O/c1-17(2,3)15-6-4-7-16(14-15)20-13-5-10-19-11-8-18-9-12-19/h4,6-7,14,18H,5,8-13H2,1-3H3. The van der Waals surface area contributed by atoms with Gasteiger partial charge in [-0.15, -0.1) is 0 Å². The Morgan fingerprint density at radius 3 is 2.65 bits per heavy atom. The van der Waals surface area contributed by atoms with E-state index in [2.05, 4.69) is 55.3 Å². The Morgan fingerprint density at radius 1 is 1.20 bits per heavy atom. The molecule has 1 aliphatic rings. The summed E-state index contributed by atoms with van der Waals surface area (Å²) in [5, 5.41) is 3.38. The van der Waals surface area contributed by atoms with Crippen LogP contribution < -0.4 is 10.1 Å².